The fourth-order valence-corrected chi connectivity index (χ4v) is 5.71. The van der Waals surface area contributed by atoms with Crippen LogP contribution < -0.4 is 0 Å². The van der Waals surface area contributed by atoms with Crippen molar-refractivity contribution in [2.45, 2.75) is 19.0 Å². The lowest BCUT2D eigenvalue weighted by Crippen LogP contribution is -2.54. The summed E-state index contributed by atoms with van der Waals surface area (Å²) in [6.45, 7) is 1.40. The Balaban J connectivity index is 1.58. The largest absolute Gasteiger partial charge is 0.465 e. The molecule has 0 radical (unpaired) electrons. The Kier molecular flexibility index (Phi) is 6.65. The van der Waals surface area contributed by atoms with Gasteiger partial charge in [0.1, 0.15) is 5.69 Å². The average Bonchev–Trinajstić information content (AvgIpc) is 2.88. The smallest absolute Gasteiger partial charge is 0.407 e. The van der Waals surface area contributed by atoms with E-state index in [4.69, 9.17) is 11.6 Å². The van der Waals surface area contributed by atoms with Gasteiger partial charge in [0.25, 0.3) is 0 Å². The lowest BCUT2D eigenvalue weighted by Gasteiger charge is -2.43. The Morgan fingerprint density at radius 3 is 2.78 bits per heavy atom. The molecule has 36 heavy (non-hydrogen) atoms. The van der Waals surface area contributed by atoms with Crippen LogP contribution in [-0.2, 0) is 6.54 Å². The summed E-state index contributed by atoms with van der Waals surface area (Å²) in [4.78, 5) is 19.6. The van der Waals surface area contributed by atoms with Crippen LogP contribution in [0.2, 0.25) is 5.02 Å². The van der Waals surface area contributed by atoms with Crippen molar-refractivity contribution in [3.05, 3.63) is 70.8 Å². The van der Waals surface area contributed by atoms with Crippen molar-refractivity contribution < 1.29 is 14.3 Å². The maximum absolute atomic E-state index is 16.2. The number of carboxylic acid groups (broad SMARTS) is 1. The summed E-state index contributed by atoms with van der Waals surface area (Å²) >= 11 is 7.98. The molecule has 1 atom stereocenters. The van der Waals surface area contributed by atoms with E-state index in [0.717, 1.165) is 16.5 Å². The molecule has 1 unspecified atom stereocenters. The highest BCUT2D eigenvalue weighted by molar-refractivity contribution is 7.96. The summed E-state index contributed by atoms with van der Waals surface area (Å²) in [7, 11) is 0. The van der Waals surface area contributed by atoms with Crippen molar-refractivity contribution >= 4 is 46.1 Å². The molecule has 0 aliphatic carbocycles. The van der Waals surface area contributed by atoms with Gasteiger partial charge in [0.15, 0.2) is 5.82 Å². The number of piperazine rings is 1. The Morgan fingerprint density at radius 2 is 2.06 bits per heavy atom. The van der Waals surface area contributed by atoms with Crippen LogP contribution in [-0.4, -0.2) is 62.2 Å². The fraction of sp³-hybridized carbons (Fsp3) is 0.269. The normalized spacial score (nSPS) is 17.6. The Hall–Kier alpha value is -3.48. The third-order valence-electron chi connectivity index (χ3n) is 6.72. The van der Waals surface area contributed by atoms with E-state index in [-0.39, 0.29) is 18.7 Å². The number of nitrogens with zero attached hydrogens (tertiary/aromatic N) is 5. The lowest BCUT2D eigenvalue weighted by molar-refractivity contribution is 0.0886. The highest BCUT2D eigenvalue weighted by Gasteiger charge is 2.34. The minimum Gasteiger partial charge on any atom is -0.465 e. The molecule has 0 bridgehead atoms. The third kappa shape index (κ3) is 4.21. The molecule has 2 aromatic carbocycles. The second kappa shape index (κ2) is 9.88. The van der Waals surface area contributed by atoms with Crippen LogP contribution in [0.1, 0.15) is 17.5 Å². The van der Waals surface area contributed by atoms with E-state index < -0.39 is 18.0 Å². The second-order valence-corrected chi connectivity index (χ2v) is 9.91. The summed E-state index contributed by atoms with van der Waals surface area (Å²) in [6.07, 6.45) is 4.61. The van der Waals surface area contributed by atoms with Crippen LogP contribution >= 0.6 is 23.5 Å². The van der Waals surface area contributed by atoms with E-state index in [2.05, 4.69) is 11.1 Å². The molecular weight excluding hydrogens is 501 g/mol. The number of fused-ring (bicyclic) bond motifs is 2. The molecule has 2 aliphatic heterocycles. The van der Waals surface area contributed by atoms with Gasteiger partial charge in [0.2, 0.25) is 0 Å². The van der Waals surface area contributed by atoms with Crippen LogP contribution in [0.4, 0.5) is 9.18 Å². The molecule has 0 spiro atoms. The van der Waals surface area contributed by atoms with Gasteiger partial charge in [-0.05, 0) is 11.5 Å². The predicted molar refractivity (Wildman–Crippen MR) is 140 cm³/mol. The molecule has 1 saturated heterocycles. The number of halogens is 2. The van der Waals surface area contributed by atoms with Gasteiger partial charge < -0.3 is 19.2 Å². The standard InChI is InChI=1S/C26H23ClFN5O2S/c1-36-32-14-20-19(22(15-32)31-10-11-33(26(34)35)17(13-31)8-9-29)12-30-25(24(20)28)18-6-2-4-16-5-3-7-21(27)23(16)18/h2-7,12,15,17H,8,10-11,13-14H2,1H3,(H,34,35). The number of benzene rings is 2. The van der Waals surface area contributed by atoms with Gasteiger partial charge in [-0.25, -0.2) is 9.18 Å². The van der Waals surface area contributed by atoms with E-state index in [1.807, 2.05) is 52.0 Å². The number of rotatable bonds is 4. The van der Waals surface area contributed by atoms with Crippen molar-refractivity contribution in [2.75, 3.05) is 25.9 Å². The Morgan fingerprint density at radius 1 is 1.28 bits per heavy atom. The van der Waals surface area contributed by atoms with Crippen LogP contribution in [0, 0.1) is 17.1 Å². The number of hydrogen-bond donors (Lipinski definition) is 1. The SMILES string of the molecule is CSN1C=C(N2CCN(C(=O)O)C(CC#N)C2)c2cnc(-c3cccc4cccc(Cl)c34)c(F)c2C1. The zero-order valence-electron chi connectivity index (χ0n) is 19.5. The highest BCUT2D eigenvalue weighted by atomic mass is 35.5. The zero-order valence-corrected chi connectivity index (χ0v) is 21.1. The number of hydrogen-bond acceptors (Lipinski definition) is 6. The number of aromatic nitrogens is 1. The molecule has 7 nitrogen and oxygen atoms in total. The molecule has 3 aromatic rings. The summed E-state index contributed by atoms with van der Waals surface area (Å²) < 4.78 is 18.1. The molecule has 5 rings (SSSR count). The van der Waals surface area contributed by atoms with Crippen molar-refractivity contribution in [3.63, 3.8) is 0 Å². The van der Waals surface area contributed by atoms with Crippen molar-refractivity contribution in [3.8, 4) is 17.3 Å². The maximum atomic E-state index is 16.2. The van der Waals surface area contributed by atoms with Crippen LogP contribution in [0.3, 0.4) is 0 Å². The zero-order chi connectivity index (χ0) is 25.4. The molecule has 1 amide bonds. The summed E-state index contributed by atoms with van der Waals surface area (Å²) in [5.74, 6) is -0.401. The van der Waals surface area contributed by atoms with Crippen molar-refractivity contribution in [1.29, 1.82) is 5.26 Å². The minimum absolute atomic E-state index is 0.0859. The first-order valence-electron chi connectivity index (χ1n) is 11.4. The molecule has 2 aliphatic rings. The van der Waals surface area contributed by atoms with Gasteiger partial charge in [-0.3, -0.25) is 4.98 Å². The number of amides is 1. The van der Waals surface area contributed by atoms with E-state index in [0.29, 0.717) is 41.3 Å². The molecule has 184 valence electrons. The molecule has 1 N–H and O–H groups in total. The van der Waals surface area contributed by atoms with Gasteiger partial charge in [-0.15, -0.1) is 0 Å². The van der Waals surface area contributed by atoms with Crippen molar-refractivity contribution in [2.24, 2.45) is 0 Å². The molecule has 1 fully saturated rings. The van der Waals surface area contributed by atoms with E-state index in [1.54, 1.807) is 12.3 Å². The maximum Gasteiger partial charge on any atom is 0.407 e. The van der Waals surface area contributed by atoms with Gasteiger partial charge in [-0.2, -0.15) is 5.26 Å². The predicted octanol–water partition coefficient (Wildman–Crippen LogP) is 5.66. The first-order valence-corrected chi connectivity index (χ1v) is 13.0. The Bertz CT molecular complexity index is 1420. The van der Waals surface area contributed by atoms with E-state index in [9.17, 15) is 15.2 Å². The van der Waals surface area contributed by atoms with E-state index in [1.165, 1.54) is 16.8 Å². The molecule has 1 aromatic heterocycles. The molecular formula is C26H23ClFN5O2S. The van der Waals surface area contributed by atoms with E-state index >= 15 is 4.39 Å². The van der Waals surface area contributed by atoms with Crippen LogP contribution in [0.5, 0.6) is 0 Å². The van der Waals surface area contributed by atoms with Crippen LogP contribution in [0.15, 0.2) is 48.8 Å². The van der Waals surface area contributed by atoms with Crippen molar-refractivity contribution in [1.82, 2.24) is 19.1 Å². The fourth-order valence-electron chi connectivity index (χ4n) is 4.96. The second-order valence-electron chi connectivity index (χ2n) is 8.67. The summed E-state index contributed by atoms with van der Waals surface area (Å²) in [5, 5.41) is 21.0. The summed E-state index contributed by atoms with van der Waals surface area (Å²) in [6, 6.07) is 12.8. The van der Waals surface area contributed by atoms with Gasteiger partial charge in [0.05, 0.1) is 30.8 Å². The number of carbonyl (C=O) groups is 1. The number of nitriles is 1. The topological polar surface area (TPSA) is 83.7 Å². The molecule has 3 heterocycles. The molecule has 0 saturated carbocycles. The van der Waals surface area contributed by atoms with Crippen LogP contribution in [0.25, 0.3) is 27.7 Å². The first-order chi connectivity index (χ1) is 17.4. The lowest BCUT2D eigenvalue weighted by atomic mass is 9.96. The van der Waals surface area contributed by atoms with Gasteiger partial charge in [-0.1, -0.05) is 53.9 Å². The number of pyridine rings is 1. The van der Waals surface area contributed by atoms with Gasteiger partial charge in [0, 0.05) is 65.4 Å². The first kappa shape index (κ1) is 24.2. The molecule has 10 heteroatoms. The third-order valence-corrected chi connectivity index (χ3v) is 7.73. The average molecular weight is 524 g/mol. The monoisotopic (exact) mass is 523 g/mol. The highest BCUT2D eigenvalue weighted by Crippen LogP contribution is 2.39. The van der Waals surface area contributed by atoms with Gasteiger partial charge >= 0.3 is 6.09 Å². The Labute approximate surface area is 217 Å². The minimum atomic E-state index is -1.04. The summed E-state index contributed by atoms with van der Waals surface area (Å²) in [5.41, 5.74) is 2.84. The quantitative estimate of drug-likeness (QED) is 0.441.